The number of carbonyl (C=O) groups excluding carboxylic acids is 1. The summed E-state index contributed by atoms with van der Waals surface area (Å²) in [6.07, 6.45) is 1.87. The van der Waals surface area contributed by atoms with Gasteiger partial charge in [-0.25, -0.2) is 9.48 Å². The number of thioether (sulfide) groups is 2. The van der Waals surface area contributed by atoms with Crippen LogP contribution in [0.3, 0.4) is 0 Å². The summed E-state index contributed by atoms with van der Waals surface area (Å²) in [6, 6.07) is 0. The van der Waals surface area contributed by atoms with Crippen LogP contribution in [-0.4, -0.2) is 58.1 Å². The molecule has 1 unspecified atom stereocenters. The molecule has 0 radical (unpaired) electrons. The highest BCUT2D eigenvalue weighted by molar-refractivity contribution is 8.03. The topological polar surface area (TPSA) is 126 Å². The third-order valence-corrected chi connectivity index (χ3v) is 6.04. The van der Waals surface area contributed by atoms with Crippen LogP contribution in [0.4, 0.5) is 0 Å². The molecule has 1 aromatic rings. The van der Waals surface area contributed by atoms with Crippen LogP contribution < -0.4 is 5.56 Å². The summed E-state index contributed by atoms with van der Waals surface area (Å²) in [6.45, 7) is 0. The summed E-state index contributed by atoms with van der Waals surface area (Å²) in [7, 11) is 1.55. The number of nitrogens with zero attached hydrogens (tertiary/aromatic N) is 4. The van der Waals surface area contributed by atoms with Crippen LogP contribution in [0.1, 0.15) is 6.42 Å². The van der Waals surface area contributed by atoms with E-state index >= 15 is 0 Å². The van der Waals surface area contributed by atoms with Gasteiger partial charge in [-0.15, -0.1) is 16.9 Å². The van der Waals surface area contributed by atoms with Crippen LogP contribution in [0.2, 0.25) is 0 Å². The zero-order valence-electron chi connectivity index (χ0n) is 11.9. The number of aromatic hydroxyl groups is 1. The van der Waals surface area contributed by atoms with Gasteiger partial charge in [0, 0.05) is 18.1 Å². The van der Waals surface area contributed by atoms with Crippen molar-refractivity contribution in [2.45, 2.75) is 22.2 Å². The first-order chi connectivity index (χ1) is 10.9. The summed E-state index contributed by atoms with van der Waals surface area (Å²) < 4.78 is 1.29. The Morgan fingerprint density at radius 1 is 1.52 bits per heavy atom. The molecule has 0 aromatic carbocycles. The van der Waals surface area contributed by atoms with Gasteiger partial charge in [0.15, 0.2) is 5.16 Å². The molecule has 122 valence electrons. The molecule has 3 heterocycles. The summed E-state index contributed by atoms with van der Waals surface area (Å²) in [5.41, 5.74) is -0.805. The summed E-state index contributed by atoms with van der Waals surface area (Å²) >= 11 is 2.73. The van der Waals surface area contributed by atoms with Crippen molar-refractivity contribution in [1.82, 2.24) is 19.7 Å². The molecule has 2 N–H and O–H groups in total. The number of carboxylic acids is 1. The molecule has 1 fully saturated rings. The lowest BCUT2D eigenvalue weighted by molar-refractivity contribution is -0.146. The van der Waals surface area contributed by atoms with Crippen molar-refractivity contribution in [3.05, 3.63) is 22.1 Å². The van der Waals surface area contributed by atoms with E-state index in [9.17, 15) is 24.6 Å². The molecule has 2 atom stereocenters. The fourth-order valence-electron chi connectivity index (χ4n) is 2.26. The number of fused-ring (bicyclic) bond motifs is 1. The molecule has 9 nitrogen and oxygen atoms in total. The third-order valence-electron chi connectivity index (χ3n) is 3.35. The first kappa shape index (κ1) is 15.9. The maximum Gasteiger partial charge on any atom is 0.352 e. The molecular weight excluding hydrogens is 344 g/mol. The van der Waals surface area contributed by atoms with Gasteiger partial charge in [-0.05, 0) is 6.08 Å². The minimum atomic E-state index is -1.13. The molecule has 1 saturated heterocycles. The average molecular weight is 356 g/mol. The van der Waals surface area contributed by atoms with E-state index in [0.717, 1.165) is 0 Å². The van der Waals surface area contributed by atoms with Gasteiger partial charge in [0.2, 0.25) is 5.91 Å². The molecule has 1 aromatic heterocycles. The smallest absolute Gasteiger partial charge is 0.352 e. The molecule has 0 spiro atoms. The molecule has 2 aliphatic heterocycles. The van der Waals surface area contributed by atoms with Crippen molar-refractivity contribution in [1.29, 1.82) is 0 Å². The van der Waals surface area contributed by atoms with Gasteiger partial charge >= 0.3 is 11.5 Å². The predicted octanol–water partition coefficient (Wildman–Crippen LogP) is -0.385. The largest absolute Gasteiger partial charge is 0.488 e. The van der Waals surface area contributed by atoms with Gasteiger partial charge in [-0.1, -0.05) is 11.8 Å². The van der Waals surface area contributed by atoms with Gasteiger partial charge in [0.1, 0.15) is 5.70 Å². The minimum Gasteiger partial charge on any atom is -0.488 e. The van der Waals surface area contributed by atoms with Gasteiger partial charge in [-0.2, -0.15) is 4.98 Å². The lowest BCUT2D eigenvalue weighted by Gasteiger charge is -2.44. The number of aryl methyl sites for hydroxylation is 1. The van der Waals surface area contributed by atoms with Gasteiger partial charge in [0.25, 0.3) is 5.88 Å². The predicted molar refractivity (Wildman–Crippen MR) is 82.0 cm³/mol. The number of carbonyl (C=O) groups is 2. The fraction of sp³-hybridized carbons (Fsp3) is 0.417. The van der Waals surface area contributed by atoms with E-state index < -0.39 is 17.4 Å². The first-order valence-electron chi connectivity index (χ1n) is 6.56. The highest BCUT2D eigenvalue weighted by atomic mass is 32.2. The molecule has 0 aliphatic carbocycles. The average Bonchev–Trinajstić information content (AvgIpc) is 2.47. The first-order valence-corrected chi connectivity index (χ1v) is 8.49. The Hall–Kier alpha value is -2.01. The van der Waals surface area contributed by atoms with E-state index in [1.807, 2.05) is 0 Å². The molecule has 0 saturated carbocycles. The quantitative estimate of drug-likeness (QED) is 0.548. The van der Waals surface area contributed by atoms with E-state index in [-0.39, 0.29) is 22.2 Å². The molecule has 0 bridgehead atoms. The number of rotatable bonds is 4. The summed E-state index contributed by atoms with van der Waals surface area (Å²) in [5, 5.41) is 22.1. The molecular formula is C12H12N4O5S2. The highest BCUT2D eigenvalue weighted by Crippen LogP contribution is 2.41. The molecule has 23 heavy (non-hydrogen) atoms. The number of amides is 1. The van der Waals surface area contributed by atoms with Crippen molar-refractivity contribution in [3.63, 3.8) is 0 Å². The molecule has 1 amide bonds. The zero-order valence-corrected chi connectivity index (χ0v) is 13.5. The maximum atomic E-state index is 11.5. The monoisotopic (exact) mass is 356 g/mol. The Labute approximate surface area is 138 Å². The van der Waals surface area contributed by atoms with Crippen LogP contribution in [-0.2, 0) is 16.6 Å². The van der Waals surface area contributed by atoms with Crippen molar-refractivity contribution < 1.29 is 19.8 Å². The highest BCUT2D eigenvalue weighted by Gasteiger charge is 2.45. The van der Waals surface area contributed by atoms with Gasteiger partial charge in [-0.3, -0.25) is 14.5 Å². The second-order valence-electron chi connectivity index (χ2n) is 4.91. The second kappa shape index (κ2) is 5.89. The van der Waals surface area contributed by atoms with Crippen molar-refractivity contribution in [2.24, 2.45) is 7.05 Å². The van der Waals surface area contributed by atoms with Gasteiger partial charge < -0.3 is 10.2 Å². The summed E-state index contributed by atoms with van der Waals surface area (Å²) in [4.78, 5) is 39.1. The Kier molecular flexibility index (Phi) is 4.06. The number of hydrogen-bond acceptors (Lipinski definition) is 8. The van der Waals surface area contributed by atoms with Crippen molar-refractivity contribution >= 4 is 35.4 Å². The van der Waals surface area contributed by atoms with Crippen molar-refractivity contribution in [3.8, 4) is 5.88 Å². The molecule has 11 heteroatoms. The number of β-lactam (4-membered cyclic amide) rings is 1. The van der Waals surface area contributed by atoms with Crippen LogP contribution in [0, 0.1) is 0 Å². The van der Waals surface area contributed by atoms with Crippen LogP contribution in [0.15, 0.2) is 21.7 Å². The summed E-state index contributed by atoms with van der Waals surface area (Å²) in [5.74, 6) is -1.52. The fourth-order valence-corrected chi connectivity index (χ4v) is 4.77. The van der Waals surface area contributed by atoms with Gasteiger partial charge in [0.05, 0.1) is 11.8 Å². The number of hydrogen-bond donors (Lipinski definition) is 2. The Bertz CT molecular complexity index is 777. The minimum absolute atomic E-state index is 0.00118. The molecule has 2 aliphatic rings. The van der Waals surface area contributed by atoms with E-state index in [0.29, 0.717) is 17.3 Å². The number of aliphatic carboxylic acids is 1. The van der Waals surface area contributed by atoms with Crippen molar-refractivity contribution in [2.75, 3.05) is 5.75 Å². The van der Waals surface area contributed by atoms with E-state index in [1.165, 1.54) is 33.1 Å². The van der Waals surface area contributed by atoms with Crippen LogP contribution in [0.25, 0.3) is 0 Å². The van der Waals surface area contributed by atoms with Crippen LogP contribution in [0.5, 0.6) is 5.88 Å². The van der Waals surface area contributed by atoms with E-state index in [2.05, 4.69) is 10.1 Å². The Morgan fingerprint density at radius 2 is 2.26 bits per heavy atom. The van der Waals surface area contributed by atoms with E-state index in [1.54, 1.807) is 13.1 Å². The van der Waals surface area contributed by atoms with Crippen LogP contribution >= 0.6 is 23.5 Å². The normalized spacial score (nSPS) is 23.1. The lowest BCUT2D eigenvalue weighted by atomic mass is 10.1. The Morgan fingerprint density at radius 3 is 2.91 bits per heavy atom. The zero-order chi connectivity index (χ0) is 16.7. The maximum absolute atomic E-state index is 11.5. The second-order valence-corrected chi connectivity index (χ2v) is 7.32. The lowest BCUT2D eigenvalue weighted by Crippen LogP contribution is -2.54. The standard InChI is InChI=1S/C12H12N4O5S2/c1-15-12(13-9(18)10(19)14-15)22-4-5-2-6(11(20)21)16-7(17)3-8(16)23-5/h2,5,8H,3-4H2,1H3,(H,14,19)(H,20,21)/t5?,8-/m1/s1. The molecule has 3 rings (SSSR count). The van der Waals surface area contributed by atoms with E-state index in [4.69, 9.17) is 0 Å². The SMILES string of the molecule is Cn1nc(O)c(=O)nc1SCC1C=C(C(=O)O)N2C(=O)C[C@H]2S1. The Balaban J connectivity index is 1.75. The number of carboxylic acid groups (broad SMARTS) is 1. The number of aromatic nitrogens is 3. The third kappa shape index (κ3) is 2.93.